The Bertz CT molecular complexity index is 558. The lowest BCUT2D eigenvalue weighted by molar-refractivity contribution is 1.17. The number of nitrogens with one attached hydrogen (secondary N) is 1. The molecule has 3 nitrogen and oxygen atoms in total. The summed E-state index contributed by atoms with van der Waals surface area (Å²) in [5.41, 5.74) is 3.19. The van der Waals surface area contributed by atoms with E-state index in [4.69, 9.17) is 0 Å². The average Bonchev–Trinajstić information content (AvgIpc) is 2.37. The summed E-state index contributed by atoms with van der Waals surface area (Å²) >= 11 is 0. The van der Waals surface area contributed by atoms with Crippen molar-refractivity contribution in [3.05, 3.63) is 35.9 Å². The Morgan fingerprint density at radius 1 is 1.29 bits per heavy atom. The highest BCUT2D eigenvalue weighted by atomic mass is 15.0. The first-order valence-electron chi connectivity index (χ1n) is 5.83. The molecule has 0 bridgehead atoms. The van der Waals surface area contributed by atoms with E-state index in [1.165, 1.54) is 0 Å². The molecule has 0 unspecified atom stereocenters. The zero-order valence-corrected chi connectivity index (χ0v) is 10.5. The molecule has 1 aromatic heterocycles. The van der Waals surface area contributed by atoms with Crippen molar-refractivity contribution in [2.45, 2.75) is 13.8 Å². The van der Waals surface area contributed by atoms with E-state index in [1.807, 2.05) is 32.2 Å². The van der Waals surface area contributed by atoms with E-state index in [9.17, 15) is 0 Å². The molecule has 0 radical (unpaired) electrons. The van der Waals surface area contributed by atoms with Gasteiger partial charge in [-0.25, -0.2) is 4.98 Å². The first kappa shape index (κ1) is 11.6. The largest absolute Gasteiger partial charge is 0.370 e. The predicted molar refractivity (Wildman–Crippen MR) is 74.0 cm³/mol. The highest BCUT2D eigenvalue weighted by molar-refractivity contribution is 6.09. The van der Waals surface area contributed by atoms with Gasteiger partial charge in [0.2, 0.25) is 0 Å². The van der Waals surface area contributed by atoms with Crippen LogP contribution in [0.25, 0.3) is 10.9 Å². The molecule has 0 saturated carbocycles. The number of hydrogen-bond donors (Lipinski definition) is 1. The minimum atomic E-state index is 0.883. The minimum absolute atomic E-state index is 0.883. The van der Waals surface area contributed by atoms with Gasteiger partial charge in [0.25, 0.3) is 0 Å². The van der Waals surface area contributed by atoms with Crippen LogP contribution >= 0.6 is 0 Å². The van der Waals surface area contributed by atoms with Crippen LogP contribution in [0.15, 0.2) is 35.3 Å². The van der Waals surface area contributed by atoms with Crippen LogP contribution in [0.1, 0.15) is 19.4 Å². The summed E-state index contributed by atoms with van der Waals surface area (Å²) in [6, 6.07) is 10.2. The summed E-state index contributed by atoms with van der Waals surface area (Å²) in [5.74, 6) is 0.920. The van der Waals surface area contributed by atoms with Crippen molar-refractivity contribution >= 4 is 22.4 Å². The number of nitrogens with zero attached hydrogens (tertiary/aromatic N) is 2. The molecule has 0 fully saturated rings. The quantitative estimate of drug-likeness (QED) is 0.818. The maximum Gasteiger partial charge on any atom is 0.126 e. The van der Waals surface area contributed by atoms with Gasteiger partial charge in [0.1, 0.15) is 5.82 Å². The molecule has 3 heteroatoms. The molecule has 88 valence electrons. The molecule has 1 N–H and O–H groups in total. The molecule has 17 heavy (non-hydrogen) atoms. The molecule has 2 aromatic rings. The number of fused-ring (bicyclic) bond motifs is 1. The van der Waals surface area contributed by atoms with Crippen LogP contribution in [0, 0.1) is 0 Å². The molecule has 0 amide bonds. The van der Waals surface area contributed by atoms with Gasteiger partial charge in [0.05, 0.1) is 5.52 Å². The number of hydrogen-bond acceptors (Lipinski definition) is 3. The second-order valence-corrected chi connectivity index (χ2v) is 3.91. The summed E-state index contributed by atoms with van der Waals surface area (Å²) in [4.78, 5) is 8.82. The van der Waals surface area contributed by atoms with E-state index in [0.717, 1.165) is 34.5 Å². The summed E-state index contributed by atoms with van der Waals surface area (Å²) < 4.78 is 0. The van der Waals surface area contributed by atoms with E-state index in [0.29, 0.717) is 0 Å². The topological polar surface area (TPSA) is 37.3 Å². The van der Waals surface area contributed by atoms with Crippen LogP contribution in [0.4, 0.5) is 5.82 Å². The molecule has 0 aliphatic heterocycles. The fraction of sp³-hybridized carbons (Fsp3) is 0.286. The predicted octanol–water partition coefficient (Wildman–Crippen LogP) is 3.11. The van der Waals surface area contributed by atoms with E-state index in [2.05, 4.69) is 34.3 Å². The number of pyridine rings is 1. The third-order valence-corrected chi connectivity index (χ3v) is 2.81. The van der Waals surface area contributed by atoms with Crippen molar-refractivity contribution in [2.24, 2.45) is 4.99 Å². The van der Waals surface area contributed by atoms with Crippen LogP contribution < -0.4 is 5.32 Å². The summed E-state index contributed by atoms with van der Waals surface area (Å²) in [6.07, 6.45) is 0. The molecule has 2 rings (SSSR count). The van der Waals surface area contributed by atoms with Gasteiger partial charge in [-0.15, -0.1) is 0 Å². The smallest absolute Gasteiger partial charge is 0.126 e. The van der Waals surface area contributed by atoms with Crippen LogP contribution in [0.2, 0.25) is 0 Å². The molecule has 1 heterocycles. The van der Waals surface area contributed by atoms with E-state index in [-0.39, 0.29) is 0 Å². The number of rotatable bonds is 3. The van der Waals surface area contributed by atoms with Crippen LogP contribution in [0.5, 0.6) is 0 Å². The number of benzene rings is 1. The van der Waals surface area contributed by atoms with Gasteiger partial charge in [-0.05, 0) is 32.0 Å². The van der Waals surface area contributed by atoms with Gasteiger partial charge >= 0.3 is 0 Å². The second kappa shape index (κ2) is 4.95. The highest BCUT2D eigenvalue weighted by Crippen LogP contribution is 2.20. The van der Waals surface area contributed by atoms with Crippen molar-refractivity contribution in [3.63, 3.8) is 0 Å². The highest BCUT2D eigenvalue weighted by Gasteiger charge is 2.04. The lowest BCUT2D eigenvalue weighted by Crippen LogP contribution is -2.00. The zero-order valence-electron chi connectivity index (χ0n) is 10.5. The molecule has 0 spiro atoms. The zero-order chi connectivity index (χ0) is 12.3. The maximum absolute atomic E-state index is 4.58. The van der Waals surface area contributed by atoms with E-state index >= 15 is 0 Å². The Morgan fingerprint density at radius 3 is 2.82 bits per heavy atom. The van der Waals surface area contributed by atoms with Gasteiger partial charge in [-0.2, -0.15) is 0 Å². The molecule has 0 saturated heterocycles. The van der Waals surface area contributed by atoms with Crippen molar-refractivity contribution in [1.29, 1.82) is 0 Å². The molecule has 1 aromatic carbocycles. The Kier molecular flexibility index (Phi) is 3.38. The fourth-order valence-corrected chi connectivity index (χ4v) is 1.87. The SMILES string of the molecule is CCNc1ccc2c(C(C)=NC)cccc2n1. The number of aromatic nitrogens is 1. The fourth-order valence-electron chi connectivity index (χ4n) is 1.87. The monoisotopic (exact) mass is 227 g/mol. The van der Waals surface area contributed by atoms with Crippen molar-refractivity contribution in [2.75, 3.05) is 18.9 Å². The summed E-state index contributed by atoms with van der Waals surface area (Å²) in [5, 5.41) is 4.37. The van der Waals surface area contributed by atoms with Crippen LogP contribution in [0.3, 0.4) is 0 Å². The maximum atomic E-state index is 4.58. The normalized spacial score (nSPS) is 11.8. The summed E-state index contributed by atoms with van der Waals surface area (Å²) in [6.45, 7) is 4.97. The molecule has 0 aliphatic carbocycles. The average molecular weight is 227 g/mol. The van der Waals surface area contributed by atoms with Crippen molar-refractivity contribution < 1.29 is 0 Å². The lowest BCUT2D eigenvalue weighted by Gasteiger charge is -2.07. The first-order valence-corrected chi connectivity index (χ1v) is 5.83. The first-order chi connectivity index (χ1) is 8.26. The van der Waals surface area contributed by atoms with Crippen LogP contribution in [-0.4, -0.2) is 24.3 Å². The Labute approximate surface area is 102 Å². The molecule has 0 atom stereocenters. The molecular weight excluding hydrogens is 210 g/mol. The second-order valence-electron chi connectivity index (χ2n) is 3.91. The van der Waals surface area contributed by atoms with Gasteiger partial charge in [-0.3, -0.25) is 4.99 Å². The Morgan fingerprint density at radius 2 is 2.12 bits per heavy atom. The standard InChI is InChI=1S/C14H17N3/c1-4-16-14-9-8-12-11(10(2)15-3)6-5-7-13(12)17-14/h5-9H,4H2,1-3H3,(H,16,17). The Hall–Kier alpha value is -1.90. The van der Waals surface area contributed by atoms with Crippen molar-refractivity contribution in [1.82, 2.24) is 4.98 Å². The summed E-state index contributed by atoms with van der Waals surface area (Å²) in [7, 11) is 1.81. The van der Waals surface area contributed by atoms with Gasteiger partial charge in [0, 0.05) is 30.3 Å². The number of aliphatic imine (C=N–C) groups is 1. The molecular formula is C14H17N3. The van der Waals surface area contributed by atoms with E-state index in [1.54, 1.807) is 0 Å². The Balaban J connectivity index is 2.59. The third kappa shape index (κ3) is 2.28. The van der Waals surface area contributed by atoms with Gasteiger partial charge in [-0.1, -0.05) is 12.1 Å². The minimum Gasteiger partial charge on any atom is -0.370 e. The van der Waals surface area contributed by atoms with Crippen molar-refractivity contribution in [3.8, 4) is 0 Å². The van der Waals surface area contributed by atoms with Gasteiger partial charge in [0.15, 0.2) is 0 Å². The van der Waals surface area contributed by atoms with Gasteiger partial charge < -0.3 is 5.32 Å². The molecule has 0 aliphatic rings. The van der Waals surface area contributed by atoms with Crippen LogP contribution in [-0.2, 0) is 0 Å². The number of anilines is 1. The lowest BCUT2D eigenvalue weighted by atomic mass is 10.0. The third-order valence-electron chi connectivity index (χ3n) is 2.81. The van der Waals surface area contributed by atoms with E-state index < -0.39 is 0 Å².